The van der Waals surface area contributed by atoms with E-state index in [0.717, 1.165) is 12.0 Å². The first kappa shape index (κ1) is 14.7. The Balaban J connectivity index is 2.12. The Morgan fingerprint density at radius 1 is 0.950 bits per heavy atom. The molecule has 2 aromatic carbocycles. The normalized spacial score (nSPS) is 14.1. The Labute approximate surface area is 120 Å². The van der Waals surface area contributed by atoms with Crippen LogP contribution in [0.1, 0.15) is 29.2 Å². The van der Waals surface area contributed by atoms with E-state index in [0.29, 0.717) is 6.42 Å². The van der Waals surface area contributed by atoms with Crippen LogP contribution in [0.25, 0.3) is 0 Å². The van der Waals surface area contributed by atoms with Crippen LogP contribution in [0.4, 0.5) is 4.39 Å². The van der Waals surface area contributed by atoms with Crippen LogP contribution in [0.3, 0.4) is 0 Å². The average molecular weight is 271 g/mol. The lowest BCUT2D eigenvalue weighted by atomic mass is 9.87. The molecular weight excluding hydrogens is 249 g/mol. The van der Waals surface area contributed by atoms with Gasteiger partial charge in [-0.3, -0.25) is 0 Å². The van der Waals surface area contributed by atoms with Gasteiger partial charge in [-0.2, -0.15) is 0 Å². The molecule has 0 saturated heterocycles. The molecule has 0 aliphatic carbocycles. The molecular formula is C18H22FN. The van der Waals surface area contributed by atoms with E-state index in [1.807, 2.05) is 13.0 Å². The fourth-order valence-electron chi connectivity index (χ4n) is 2.56. The summed E-state index contributed by atoms with van der Waals surface area (Å²) < 4.78 is 13.2. The van der Waals surface area contributed by atoms with Crippen LogP contribution >= 0.6 is 0 Å². The SMILES string of the molecule is Cc1ccc(CC(C)(N)Cc2cccc(F)c2)cc1C. The smallest absolute Gasteiger partial charge is 0.123 e. The van der Waals surface area contributed by atoms with Crippen LogP contribution < -0.4 is 5.73 Å². The Bertz CT molecular complexity index is 602. The number of halogens is 1. The lowest BCUT2D eigenvalue weighted by molar-refractivity contribution is 0.461. The maximum absolute atomic E-state index is 13.2. The summed E-state index contributed by atoms with van der Waals surface area (Å²) in [4.78, 5) is 0. The summed E-state index contributed by atoms with van der Waals surface area (Å²) in [5.41, 5.74) is 10.8. The third-order valence-electron chi connectivity index (χ3n) is 3.68. The summed E-state index contributed by atoms with van der Waals surface area (Å²) in [6.45, 7) is 6.24. The zero-order chi connectivity index (χ0) is 14.8. The molecule has 0 amide bonds. The standard InChI is InChI=1S/C18H22FN/c1-13-7-8-16(9-14(13)2)12-18(3,20)11-15-5-4-6-17(19)10-15/h4-10H,11-12,20H2,1-3H3. The number of hydrogen-bond acceptors (Lipinski definition) is 1. The van der Waals surface area contributed by atoms with Crippen LogP contribution in [0.2, 0.25) is 0 Å². The molecule has 2 rings (SSSR count). The molecule has 106 valence electrons. The number of hydrogen-bond donors (Lipinski definition) is 1. The molecule has 0 heterocycles. The monoisotopic (exact) mass is 271 g/mol. The Kier molecular flexibility index (Phi) is 4.24. The summed E-state index contributed by atoms with van der Waals surface area (Å²) in [7, 11) is 0. The molecule has 0 spiro atoms. The molecule has 1 unspecified atom stereocenters. The van der Waals surface area contributed by atoms with Crippen molar-refractivity contribution in [3.05, 3.63) is 70.5 Å². The van der Waals surface area contributed by atoms with Crippen molar-refractivity contribution in [2.45, 2.75) is 39.2 Å². The van der Waals surface area contributed by atoms with Crippen molar-refractivity contribution < 1.29 is 4.39 Å². The van der Waals surface area contributed by atoms with Crippen molar-refractivity contribution in [3.8, 4) is 0 Å². The van der Waals surface area contributed by atoms with Crippen molar-refractivity contribution in [1.29, 1.82) is 0 Å². The molecule has 0 saturated carbocycles. The van der Waals surface area contributed by atoms with E-state index < -0.39 is 0 Å². The van der Waals surface area contributed by atoms with Crippen molar-refractivity contribution in [1.82, 2.24) is 0 Å². The second-order valence-electron chi connectivity index (χ2n) is 6.06. The lowest BCUT2D eigenvalue weighted by Gasteiger charge is -2.25. The molecule has 0 bridgehead atoms. The van der Waals surface area contributed by atoms with Crippen molar-refractivity contribution in [3.63, 3.8) is 0 Å². The maximum Gasteiger partial charge on any atom is 0.123 e. The third kappa shape index (κ3) is 3.91. The molecule has 2 aromatic rings. The lowest BCUT2D eigenvalue weighted by Crippen LogP contribution is -2.41. The third-order valence-corrected chi connectivity index (χ3v) is 3.68. The number of nitrogens with two attached hydrogens (primary N) is 1. The first-order valence-corrected chi connectivity index (χ1v) is 6.95. The minimum atomic E-state index is -0.379. The van der Waals surface area contributed by atoms with E-state index >= 15 is 0 Å². The van der Waals surface area contributed by atoms with Crippen LogP contribution in [-0.4, -0.2) is 5.54 Å². The van der Waals surface area contributed by atoms with E-state index in [4.69, 9.17) is 5.73 Å². The van der Waals surface area contributed by atoms with Gasteiger partial charge in [-0.15, -0.1) is 0 Å². The van der Waals surface area contributed by atoms with Crippen LogP contribution in [0.5, 0.6) is 0 Å². The van der Waals surface area contributed by atoms with Crippen molar-refractivity contribution in [2.75, 3.05) is 0 Å². The minimum Gasteiger partial charge on any atom is -0.325 e. The van der Waals surface area contributed by atoms with Crippen LogP contribution in [0, 0.1) is 19.7 Å². The Hall–Kier alpha value is -1.67. The molecule has 1 atom stereocenters. The first-order valence-electron chi connectivity index (χ1n) is 6.95. The van der Waals surface area contributed by atoms with Crippen molar-refractivity contribution in [2.24, 2.45) is 5.73 Å². The van der Waals surface area contributed by atoms with Gasteiger partial charge in [0.05, 0.1) is 0 Å². The fraction of sp³-hybridized carbons (Fsp3) is 0.333. The summed E-state index contributed by atoms with van der Waals surface area (Å²) >= 11 is 0. The molecule has 0 aromatic heterocycles. The predicted molar refractivity (Wildman–Crippen MR) is 82.3 cm³/mol. The molecule has 1 nitrogen and oxygen atoms in total. The highest BCUT2D eigenvalue weighted by atomic mass is 19.1. The summed E-state index contributed by atoms with van der Waals surface area (Å²) in [6.07, 6.45) is 1.45. The minimum absolute atomic E-state index is 0.204. The molecule has 0 radical (unpaired) electrons. The van der Waals surface area contributed by atoms with Crippen molar-refractivity contribution >= 4 is 0 Å². The van der Waals surface area contributed by atoms with Crippen LogP contribution in [-0.2, 0) is 12.8 Å². The van der Waals surface area contributed by atoms with Gasteiger partial charge in [-0.1, -0.05) is 30.3 Å². The van der Waals surface area contributed by atoms with Gasteiger partial charge in [0.1, 0.15) is 5.82 Å². The number of rotatable bonds is 4. The first-order chi connectivity index (χ1) is 9.35. The molecule has 20 heavy (non-hydrogen) atoms. The second-order valence-corrected chi connectivity index (χ2v) is 6.06. The molecule has 0 aliphatic heterocycles. The van der Waals surface area contributed by atoms with E-state index in [-0.39, 0.29) is 11.4 Å². The van der Waals surface area contributed by atoms with Gasteiger partial charge in [0, 0.05) is 5.54 Å². The fourth-order valence-corrected chi connectivity index (χ4v) is 2.56. The highest BCUT2D eigenvalue weighted by molar-refractivity contribution is 5.31. The molecule has 0 aliphatic rings. The maximum atomic E-state index is 13.2. The zero-order valence-electron chi connectivity index (χ0n) is 12.4. The van der Waals surface area contributed by atoms with E-state index in [1.165, 1.54) is 22.8 Å². The van der Waals surface area contributed by atoms with E-state index in [9.17, 15) is 4.39 Å². The molecule has 0 fully saturated rings. The zero-order valence-corrected chi connectivity index (χ0v) is 12.4. The highest BCUT2D eigenvalue weighted by Crippen LogP contribution is 2.19. The van der Waals surface area contributed by atoms with Crippen LogP contribution in [0.15, 0.2) is 42.5 Å². The van der Waals surface area contributed by atoms with E-state index in [1.54, 1.807) is 12.1 Å². The van der Waals surface area contributed by atoms with Gasteiger partial charge in [0.2, 0.25) is 0 Å². The summed E-state index contributed by atoms with van der Waals surface area (Å²) in [6, 6.07) is 13.1. The molecule has 2 heteroatoms. The van der Waals surface area contributed by atoms with Gasteiger partial charge in [-0.05, 0) is 68.0 Å². The highest BCUT2D eigenvalue weighted by Gasteiger charge is 2.20. The van der Waals surface area contributed by atoms with Gasteiger partial charge in [0.25, 0.3) is 0 Å². The predicted octanol–water partition coefficient (Wildman–Crippen LogP) is 3.95. The number of benzene rings is 2. The summed E-state index contributed by atoms with van der Waals surface area (Å²) in [5.74, 6) is -0.204. The van der Waals surface area contributed by atoms with Gasteiger partial charge in [0.15, 0.2) is 0 Å². The van der Waals surface area contributed by atoms with Gasteiger partial charge in [-0.25, -0.2) is 4.39 Å². The second kappa shape index (κ2) is 5.76. The van der Waals surface area contributed by atoms with E-state index in [2.05, 4.69) is 32.0 Å². The van der Waals surface area contributed by atoms with Gasteiger partial charge < -0.3 is 5.73 Å². The Morgan fingerprint density at radius 2 is 1.60 bits per heavy atom. The largest absolute Gasteiger partial charge is 0.325 e. The molecule has 2 N–H and O–H groups in total. The summed E-state index contributed by atoms with van der Waals surface area (Å²) in [5, 5.41) is 0. The topological polar surface area (TPSA) is 26.0 Å². The Morgan fingerprint density at radius 3 is 2.20 bits per heavy atom. The quantitative estimate of drug-likeness (QED) is 0.895. The van der Waals surface area contributed by atoms with Gasteiger partial charge >= 0.3 is 0 Å². The number of aryl methyl sites for hydroxylation is 2. The average Bonchev–Trinajstić information content (AvgIpc) is 2.33.